The number of aryl methyl sites for hydroxylation is 2. The Morgan fingerprint density at radius 1 is 1.33 bits per heavy atom. The summed E-state index contributed by atoms with van der Waals surface area (Å²) in [5, 5.41) is 19.5. The van der Waals surface area contributed by atoms with Gasteiger partial charge in [0, 0.05) is 12.0 Å². The number of hydrogen-bond donors (Lipinski definition) is 2. The second kappa shape index (κ2) is 9.01. The Balaban J connectivity index is 1.68. The Morgan fingerprint density at radius 3 is 2.96 bits per heavy atom. The summed E-state index contributed by atoms with van der Waals surface area (Å²) >= 11 is 6.71. The zero-order chi connectivity index (χ0) is 19.2. The zero-order valence-corrected chi connectivity index (χ0v) is 17.0. The van der Waals surface area contributed by atoms with E-state index in [1.54, 1.807) is 4.57 Å². The van der Waals surface area contributed by atoms with Crippen molar-refractivity contribution in [3.05, 3.63) is 39.6 Å². The minimum absolute atomic E-state index is 0.0589. The summed E-state index contributed by atoms with van der Waals surface area (Å²) in [5.41, 5.74) is 2.02. The molecule has 2 aromatic heterocycles. The van der Waals surface area contributed by atoms with Gasteiger partial charge in [-0.3, -0.25) is 19.8 Å². The predicted molar refractivity (Wildman–Crippen MR) is 109 cm³/mol. The summed E-state index contributed by atoms with van der Waals surface area (Å²) < 4.78 is 2.09. The number of nitrogens with zero attached hydrogens (tertiary/aromatic N) is 4. The molecule has 0 aliphatic heterocycles. The lowest BCUT2D eigenvalue weighted by atomic mass is 10.1. The van der Waals surface area contributed by atoms with E-state index in [2.05, 4.69) is 32.6 Å². The highest BCUT2D eigenvalue weighted by atomic mass is 32.1. The van der Waals surface area contributed by atoms with E-state index in [9.17, 15) is 4.79 Å². The van der Waals surface area contributed by atoms with E-state index in [-0.39, 0.29) is 12.5 Å². The third-order valence-corrected chi connectivity index (χ3v) is 5.25. The predicted octanol–water partition coefficient (Wildman–Crippen LogP) is 4.14. The molecule has 0 saturated heterocycles. The first-order valence-corrected chi connectivity index (χ1v) is 10.1. The Bertz CT molecular complexity index is 974. The molecule has 7 nitrogen and oxygen atoms in total. The molecule has 0 atom stereocenters. The first-order valence-electron chi connectivity index (χ1n) is 8.91. The summed E-state index contributed by atoms with van der Waals surface area (Å²) in [6.45, 7) is 4.23. The molecule has 0 unspecified atom stereocenters. The number of anilines is 1. The molecule has 9 heteroatoms. The average molecular weight is 403 g/mol. The van der Waals surface area contributed by atoms with Crippen LogP contribution in [0.3, 0.4) is 0 Å². The van der Waals surface area contributed by atoms with Crippen molar-refractivity contribution in [1.82, 2.24) is 25.0 Å². The number of nitrogens with one attached hydrogen (secondary N) is 2. The summed E-state index contributed by atoms with van der Waals surface area (Å²) in [6.07, 6.45) is 4.31. The number of amides is 1. The molecule has 0 aliphatic rings. The van der Waals surface area contributed by atoms with Gasteiger partial charge in [-0.15, -0.1) is 10.2 Å². The fourth-order valence-corrected chi connectivity index (χ4v) is 3.70. The SMILES string of the molecule is CCCCCc1nnc(NC(=O)Cn2c(-c3cccc(C)c3)n[nH]c2=S)s1. The molecule has 2 heterocycles. The highest BCUT2D eigenvalue weighted by Crippen LogP contribution is 2.20. The molecule has 2 N–H and O–H groups in total. The molecule has 1 aromatic carbocycles. The molecule has 3 rings (SSSR count). The Kier molecular flexibility index (Phi) is 6.46. The highest BCUT2D eigenvalue weighted by Gasteiger charge is 2.14. The standard InChI is InChI=1S/C18H22N6OS2/c1-3-4-5-9-15-20-22-17(27-15)19-14(25)11-24-16(21-23-18(24)26)13-8-6-7-12(2)10-13/h6-8,10H,3-5,9,11H2,1-2H3,(H,23,26)(H,19,22,25). The first kappa shape index (κ1) is 19.4. The van der Waals surface area contributed by atoms with Crippen molar-refractivity contribution in [2.75, 3.05) is 5.32 Å². The van der Waals surface area contributed by atoms with E-state index in [1.165, 1.54) is 17.8 Å². The van der Waals surface area contributed by atoms with E-state index in [0.717, 1.165) is 35.4 Å². The Morgan fingerprint density at radius 2 is 2.19 bits per heavy atom. The summed E-state index contributed by atoms with van der Waals surface area (Å²) in [7, 11) is 0. The molecule has 27 heavy (non-hydrogen) atoms. The van der Waals surface area contributed by atoms with E-state index in [4.69, 9.17) is 12.2 Å². The van der Waals surface area contributed by atoms with Gasteiger partial charge in [-0.2, -0.15) is 5.10 Å². The number of unbranched alkanes of at least 4 members (excludes halogenated alkanes) is 2. The third kappa shape index (κ3) is 5.08. The minimum atomic E-state index is -0.210. The van der Waals surface area contributed by atoms with Crippen molar-refractivity contribution in [3.8, 4) is 11.4 Å². The fraction of sp³-hybridized carbons (Fsp3) is 0.389. The number of aromatic nitrogens is 5. The van der Waals surface area contributed by atoms with Gasteiger partial charge < -0.3 is 0 Å². The van der Waals surface area contributed by atoms with Crippen LogP contribution in [0.1, 0.15) is 36.8 Å². The van der Waals surface area contributed by atoms with Crippen molar-refractivity contribution in [2.45, 2.75) is 46.1 Å². The average Bonchev–Trinajstić information content (AvgIpc) is 3.22. The monoisotopic (exact) mass is 402 g/mol. The summed E-state index contributed by atoms with van der Waals surface area (Å²) in [4.78, 5) is 12.5. The number of H-pyrrole nitrogens is 1. The summed E-state index contributed by atoms with van der Waals surface area (Å²) in [5.74, 6) is 0.425. The van der Waals surface area contributed by atoms with Crippen LogP contribution in [-0.2, 0) is 17.8 Å². The molecular weight excluding hydrogens is 380 g/mol. The van der Waals surface area contributed by atoms with Crippen LogP contribution in [0, 0.1) is 11.7 Å². The van der Waals surface area contributed by atoms with Gasteiger partial charge in [-0.05, 0) is 31.6 Å². The van der Waals surface area contributed by atoms with E-state index >= 15 is 0 Å². The van der Waals surface area contributed by atoms with Gasteiger partial charge in [0.15, 0.2) is 10.6 Å². The number of carbonyl (C=O) groups excluding carboxylic acids is 1. The van der Waals surface area contributed by atoms with E-state index < -0.39 is 0 Å². The van der Waals surface area contributed by atoms with E-state index in [1.807, 2.05) is 31.2 Å². The van der Waals surface area contributed by atoms with Crippen molar-refractivity contribution in [3.63, 3.8) is 0 Å². The molecule has 0 fully saturated rings. The van der Waals surface area contributed by atoms with Crippen LogP contribution in [0.5, 0.6) is 0 Å². The van der Waals surface area contributed by atoms with Gasteiger partial charge in [0.25, 0.3) is 0 Å². The number of aromatic amines is 1. The highest BCUT2D eigenvalue weighted by molar-refractivity contribution is 7.71. The minimum Gasteiger partial charge on any atom is -0.299 e. The van der Waals surface area contributed by atoms with Crippen molar-refractivity contribution < 1.29 is 4.79 Å². The number of benzene rings is 1. The quantitative estimate of drug-likeness (QED) is 0.437. The number of rotatable bonds is 8. The van der Waals surface area contributed by atoms with Crippen LogP contribution >= 0.6 is 23.6 Å². The molecule has 1 amide bonds. The van der Waals surface area contributed by atoms with Crippen LogP contribution in [0.4, 0.5) is 5.13 Å². The lowest BCUT2D eigenvalue weighted by molar-refractivity contribution is -0.116. The van der Waals surface area contributed by atoms with Gasteiger partial charge >= 0.3 is 0 Å². The number of carbonyl (C=O) groups is 1. The largest absolute Gasteiger partial charge is 0.299 e. The van der Waals surface area contributed by atoms with Gasteiger partial charge in [-0.25, -0.2) is 0 Å². The molecule has 142 valence electrons. The van der Waals surface area contributed by atoms with Crippen LogP contribution in [0.25, 0.3) is 11.4 Å². The van der Waals surface area contributed by atoms with Crippen molar-refractivity contribution in [1.29, 1.82) is 0 Å². The van der Waals surface area contributed by atoms with Crippen LogP contribution < -0.4 is 5.32 Å². The van der Waals surface area contributed by atoms with Gasteiger partial charge in [0.2, 0.25) is 11.0 Å². The van der Waals surface area contributed by atoms with Crippen LogP contribution in [-0.4, -0.2) is 30.9 Å². The number of hydrogen-bond acceptors (Lipinski definition) is 6. The van der Waals surface area contributed by atoms with Gasteiger partial charge in [-0.1, -0.05) is 54.9 Å². The molecule has 0 radical (unpaired) electrons. The normalized spacial score (nSPS) is 10.9. The van der Waals surface area contributed by atoms with Crippen LogP contribution in [0.2, 0.25) is 0 Å². The lowest BCUT2D eigenvalue weighted by Gasteiger charge is -2.07. The van der Waals surface area contributed by atoms with Crippen molar-refractivity contribution in [2.24, 2.45) is 0 Å². The van der Waals surface area contributed by atoms with Crippen molar-refractivity contribution >= 4 is 34.6 Å². The molecule has 0 bridgehead atoms. The topological polar surface area (TPSA) is 88.5 Å². The van der Waals surface area contributed by atoms with Gasteiger partial charge in [0.1, 0.15) is 11.6 Å². The van der Waals surface area contributed by atoms with Gasteiger partial charge in [0.05, 0.1) is 0 Å². The smallest absolute Gasteiger partial charge is 0.246 e. The first-order chi connectivity index (χ1) is 13.1. The van der Waals surface area contributed by atoms with Crippen LogP contribution in [0.15, 0.2) is 24.3 Å². The molecule has 0 aliphatic carbocycles. The Hall–Kier alpha value is -2.39. The summed E-state index contributed by atoms with van der Waals surface area (Å²) in [6, 6.07) is 7.91. The Labute approximate surface area is 166 Å². The fourth-order valence-electron chi connectivity index (χ4n) is 2.70. The molecule has 0 spiro atoms. The maximum Gasteiger partial charge on any atom is 0.246 e. The lowest BCUT2D eigenvalue weighted by Crippen LogP contribution is -2.19. The van der Waals surface area contributed by atoms with E-state index in [0.29, 0.717) is 15.7 Å². The molecule has 0 saturated carbocycles. The second-order valence-corrected chi connectivity index (χ2v) is 7.76. The third-order valence-electron chi connectivity index (χ3n) is 4.04. The molecular formula is C18H22N6OS2. The maximum atomic E-state index is 12.5. The molecule has 3 aromatic rings. The second-order valence-electron chi connectivity index (χ2n) is 6.31. The maximum absolute atomic E-state index is 12.5. The zero-order valence-electron chi connectivity index (χ0n) is 15.4.